The largest absolute Gasteiger partial charge is 0.311 e. The average Bonchev–Trinajstić information content (AvgIpc) is 0.774. The lowest BCUT2D eigenvalue weighted by atomic mass is 9.90. The van der Waals surface area contributed by atoms with Gasteiger partial charge in [0.25, 0.3) is 0 Å². The van der Waals surface area contributed by atoms with Crippen LogP contribution in [0.15, 0.2) is 582 Å². The minimum absolute atomic E-state index is 1.07. The van der Waals surface area contributed by atoms with Gasteiger partial charge in [-0.15, -0.1) is 0 Å². The lowest BCUT2D eigenvalue weighted by Gasteiger charge is -2.26. The molecule has 0 spiro atoms. The molecule has 24 aromatic rings. The van der Waals surface area contributed by atoms with Crippen molar-refractivity contribution in [2.75, 3.05) is 9.80 Å². The molecule has 0 amide bonds. The van der Waals surface area contributed by atoms with Crippen LogP contribution in [0.5, 0.6) is 0 Å². The van der Waals surface area contributed by atoms with Gasteiger partial charge in [0.05, 0.1) is 0 Å². The van der Waals surface area contributed by atoms with E-state index in [1.165, 1.54) is 183 Å². The molecule has 0 bridgehead atoms. The second-order valence-corrected chi connectivity index (χ2v) is 35.9. The van der Waals surface area contributed by atoms with Gasteiger partial charge in [0.15, 0.2) is 0 Å². The average molecular weight is 1780 g/mol. The lowest BCUT2D eigenvalue weighted by Crippen LogP contribution is -2.10. The molecule has 24 aromatic carbocycles. The summed E-state index contributed by atoms with van der Waals surface area (Å²) < 4.78 is 0. The van der Waals surface area contributed by atoms with E-state index in [1.807, 2.05) is 0 Å². The van der Waals surface area contributed by atoms with E-state index in [9.17, 15) is 0 Å². The molecule has 0 fully saturated rings. The van der Waals surface area contributed by atoms with Crippen molar-refractivity contribution in [1.29, 1.82) is 0 Å². The van der Waals surface area contributed by atoms with Crippen LogP contribution >= 0.6 is 0 Å². The van der Waals surface area contributed by atoms with Crippen molar-refractivity contribution in [3.8, 4) is 167 Å². The lowest BCUT2D eigenvalue weighted by molar-refractivity contribution is 1.28. The summed E-state index contributed by atoms with van der Waals surface area (Å²) in [6.45, 7) is 0. The number of anilines is 6. The van der Waals surface area contributed by atoms with Crippen molar-refractivity contribution >= 4 is 66.4 Å². The zero-order chi connectivity index (χ0) is 93.3. The molecule has 0 aliphatic rings. The Morgan fingerprint density at radius 2 is 0.207 bits per heavy atom. The summed E-state index contributed by atoms with van der Waals surface area (Å²) in [7, 11) is 0. The number of hydrogen-bond donors (Lipinski definition) is 0. The highest BCUT2D eigenvalue weighted by Gasteiger charge is 2.22. The Bertz CT molecular complexity index is 7660. The fraction of sp³-hybridized carbons (Fsp3) is 0. The Balaban J connectivity index is 0.000000157. The molecule has 0 aliphatic heterocycles. The summed E-state index contributed by atoms with van der Waals surface area (Å²) in [5.41, 5.74) is 42.4. The van der Waals surface area contributed by atoms with Crippen LogP contribution in [0.25, 0.3) is 199 Å². The summed E-state index contributed by atoms with van der Waals surface area (Å²) in [6.07, 6.45) is 0. The SMILES string of the molecule is c1ccc(-c2ccc(-c3ccccc3)c(-c3ccc(N(c4ccc(-c5cc(-c6ccccc6)ccc5-c5ccccc5)cc4)c4ccc(-c5cc(-c6ccccc6)ccc5-c5ccccc5)cc4)cc3)c2)cc1.c1ccc(-c2ccc3ccc(-c4ccc(N(c5ccc(-c6ccc7ccc(-c8ccccc8)cc7c6)cc5)c5ccc(-c6ccc7ccc(-c8ccccc8)cc7c6)cc5)cc4)cc3c2)cc1. The van der Waals surface area contributed by atoms with E-state index in [0.717, 1.165) is 50.8 Å². The molecule has 0 aromatic heterocycles. The Hall–Kier alpha value is -18.3. The van der Waals surface area contributed by atoms with Crippen molar-refractivity contribution in [2.45, 2.75) is 0 Å². The first-order chi connectivity index (χ1) is 69.3. The summed E-state index contributed by atoms with van der Waals surface area (Å²) >= 11 is 0. The monoisotopic (exact) mass is 1780 g/mol. The minimum Gasteiger partial charge on any atom is -0.311 e. The fourth-order valence-corrected chi connectivity index (χ4v) is 19.8. The van der Waals surface area contributed by atoms with Gasteiger partial charge >= 0.3 is 0 Å². The van der Waals surface area contributed by atoms with E-state index < -0.39 is 0 Å². The van der Waals surface area contributed by atoms with Crippen LogP contribution in [0.1, 0.15) is 0 Å². The molecule has 140 heavy (non-hydrogen) atoms. The van der Waals surface area contributed by atoms with Gasteiger partial charge in [0.2, 0.25) is 0 Å². The summed E-state index contributed by atoms with van der Waals surface area (Å²) in [5.74, 6) is 0. The maximum absolute atomic E-state index is 2.38. The Morgan fingerprint density at radius 1 is 0.0786 bits per heavy atom. The molecule has 0 N–H and O–H groups in total. The summed E-state index contributed by atoms with van der Waals surface area (Å²) in [6, 6.07) is 211. The molecular formula is C138H96N2. The van der Waals surface area contributed by atoms with E-state index in [-0.39, 0.29) is 0 Å². The Morgan fingerprint density at radius 3 is 0.386 bits per heavy atom. The van der Waals surface area contributed by atoms with E-state index >= 15 is 0 Å². The summed E-state index contributed by atoms with van der Waals surface area (Å²) in [5, 5.41) is 7.40. The number of nitrogens with zero attached hydrogens (tertiary/aromatic N) is 2. The van der Waals surface area contributed by atoms with Crippen LogP contribution in [0, 0.1) is 0 Å². The van der Waals surface area contributed by atoms with Gasteiger partial charge in [0, 0.05) is 34.1 Å². The number of rotatable bonds is 21. The van der Waals surface area contributed by atoms with Crippen LogP contribution in [0.2, 0.25) is 0 Å². The maximum atomic E-state index is 2.38. The predicted molar refractivity (Wildman–Crippen MR) is 596 cm³/mol. The number of hydrogen-bond acceptors (Lipinski definition) is 2. The van der Waals surface area contributed by atoms with E-state index in [0.29, 0.717) is 0 Å². The van der Waals surface area contributed by atoms with Crippen molar-refractivity contribution in [1.82, 2.24) is 0 Å². The third-order valence-electron chi connectivity index (χ3n) is 27.2. The molecule has 2 nitrogen and oxygen atoms in total. The first kappa shape index (κ1) is 85.8. The molecule has 2 heteroatoms. The van der Waals surface area contributed by atoms with Gasteiger partial charge in [0.1, 0.15) is 0 Å². The second kappa shape index (κ2) is 39.3. The Kier molecular flexibility index (Phi) is 24.1. The van der Waals surface area contributed by atoms with Crippen LogP contribution in [-0.2, 0) is 0 Å². The third kappa shape index (κ3) is 18.4. The third-order valence-corrected chi connectivity index (χ3v) is 27.2. The van der Waals surface area contributed by atoms with E-state index in [2.05, 4.69) is 592 Å². The standard InChI is InChI=1S/C72H51N.C66H45N/c1-7-19-52(20-8-1)61-37-46-67(55-25-13-4-14-26-55)70(49-61)58-31-40-64(41-32-58)73(65-42-33-59(34-43-65)71-50-62(53-21-9-2-10-22-53)38-47-68(71)56-27-15-5-16-28-56)66-44-35-60(36-45-66)72-51-63(54-23-11-3-12-24-54)39-48-69(72)57-29-17-6-18-30-57;1-4-10-46(11-5-1)55-22-16-52-19-25-58(43-61(52)40-55)49-28-34-64(35-29-49)67(65-36-30-50(31-37-65)59-26-20-53-17-23-56(41-62(53)44-59)47-12-6-2-7-13-47)66-38-32-51(33-39-66)60-27-21-54-18-24-57(42-63(54)45-60)48-14-8-3-9-15-48/h1-51H;1-45H. The smallest absolute Gasteiger partial charge is 0.0462 e. The van der Waals surface area contributed by atoms with Gasteiger partial charge in [-0.2, -0.15) is 0 Å². The van der Waals surface area contributed by atoms with E-state index in [4.69, 9.17) is 0 Å². The van der Waals surface area contributed by atoms with Crippen molar-refractivity contribution in [2.24, 2.45) is 0 Å². The Labute approximate surface area is 819 Å². The van der Waals surface area contributed by atoms with Crippen molar-refractivity contribution in [3.63, 3.8) is 0 Å². The normalized spacial score (nSPS) is 11.1. The molecule has 0 heterocycles. The highest BCUT2D eigenvalue weighted by Crippen LogP contribution is 2.47. The predicted octanol–water partition coefficient (Wildman–Crippen LogP) is 38.8. The first-order valence-corrected chi connectivity index (χ1v) is 48.1. The maximum Gasteiger partial charge on any atom is 0.0462 e. The topological polar surface area (TPSA) is 6.48 Å². The number of benzene rings is 24. The molecule has 0 saturated carbocycles. The molecular weight excluding hydrogens is 1690 g/mol. The minimum atomic E-state index is 1.07. The zero-order valence-electron chi connectivity index (χ0n) is 77.3. The summed E-state index contributed by atoms with van der Waals surface area (Å²) in [4.78, 5) is 4.75. The van der Waals surface area contributed by atoms with Gasteiger partial charge in [-0.1, -0.05) is 455 Å². The molecule has 0 unspecified atom stereocenters. The number of fused-ring (bicyclic) bond motifs is 3. The van der Waals surface area contributed by atoms with Crippen LogP contribution in [0.3, 0.4) is 0 Å². The van der Waals surface area contributed by atoms with Crippen LogP contribution in [-0.4, -0.2) is 0 Å². The van der Waals surface area contributed by atoms with Gasteiger partial charge in [-0.25, -0.2) is 0 Å². The molecule has 0 saturated heterocycles. The van der Waals surface area contributed by atoms with Gasteiger partial charge < -0.3 is 9.80 Å². The van der Waals surface area contributed by atoms with E-state index in [1.54, 1.807) is 0 Å². The molecule has 0 aliphatic carbocycles. The molecule has 0 atom stereocenters. The molecule has 24 rings (SSSR count). The van der Waals surface area contributed by atoms with Crippen molar-refractivity contribution < 1.29 is 0 Å². The fourth-order valence-electron chi connectivity index (χ4n) is 19.8. The van der Waals surface area contributed by atoms with Crippen LogP contribution < -0.4 is 9.80 Å². The second-order valence-electron chi connectivity index (χ2n) is 35.9. The highest BCUT2D eigenvalue weighted by atomic mass is 15.1. The molecule has 658 valence electrons. The first-order valence-electron chi connectivity index (χ1n) is 48.1. The molecule has 0 radical (unpaired) electrons. The van der Waals surface area contributed by atoms with Crippen molar-refractivity contribution in [3.05, 3.63) is 582 Å². The highest BCUT2D eigenvalue weighted by molar-refractivity contribution is 5.98. The zero-order valence-corrected chi connectivity index (χ0v) is 77.3. The quantitative estimate of drug-likeness (QED) is 0.0707. The van der Waals surface area contributed by atoms with Crippen LogP contribution in [0.4, 0.5) is 34.1 Å². The van der Waals surface area contributed by atoms with Gasteiger partial charge in [-0.05, 0) is 327 Å². The van der Waals surface area contributed by atoms with Gasteiger partial charge in [-0.3, -0.25) is 0 Å².